The van der Waals surface area contributed by atoms with Crippen LogP contribution in [0.2, 0.25) is 0 Å². The van der Waals surface area contributed by atoms with Crippen LogP contribution < -0.4 is 0 Å². The van der Waals surface area contributed by atoms with Crippen molar-refractivity contribution in [2.24, 2.45) is 0 Å². The Bertz CT molecular complexity index is 479. The molecule has 2 aromatic rings. The molecule has 17 heavy (non-hydrogen) atoms. The molecule has 1 aromatic heterocycles. The van der Waals surface area contributed by atoms with Crippen LogP contribution in [0.1, 0.15) is 38.2 Å². The van der Waals surface area contributed by atoms with Crippen LogP contribution in [0, 0.1) is 0 Å². The average molecular weight is 227 g/mol. The molecule has 0 bridgehead atoms. The topological polar surface area (TPSA) is 15.8 Å². The first-order valence-electron chi connectivity index (χ1n) is 6.62. The Morgan fingerprint density at radius 1 is 1.12 bits per heavy atom. The van der Waals surface area contributed by atoms with E-state index in [1.165, 1.54) is 42.1 Å². The fraction of sp³-hybridized carbons (Fsp3) is 0.375. The van der Waals surface area contributed by atoms with E-state index in [-0.39, 0.29) is 0 Å². The van der Waals surface area contributed by atoms with Crippen LogP contribution in [0.3, 0.4) is 0 Å². The molecule has 1 nitrogen and oxygen atoms in total. The fourth-order valence-corrected chi connectivity index (χ4v) is 2.14. The summed E-state index contributed by atoms with van der Waals surface area (Å²) in [6.45, 7) is 2.25. The molecule has 0 aliphatic heterocycles. The van der Waals surface area contributed by atoms with Gasteiger partial charge < -0.3 is 4.98 Å². The molecule has 1 heterocycles. The standard InChI is InChI=1S/C16H21N/c1-2-3-4-5-6-7-10-14-13-17-16-12-9-8-11-15(14)16/h6-9,11-13,17H,2-5,10H2,1H3/b7-6+. The lowest BCUT2D eigenvalue weighted by molar-refractivity contribution is 0.728. The lowest BCUT2D eigenvalue weighted by Gasteiger charge is -1.94. The summed E-state index contributed by atoms with van der Waals surface area (Å²) < 4.78 is 0. The van der Waals surface area contributed by atoms with Crippen molar-refractivity contribution in [3.05, 3.63) is 48.2 Å². The first kappa shape index (κ1) is 12.0. The normalized spacial score (nSPS) is 11.6. The van der Waals surface area contributed by atoms with E-state index < -0.39 is 0 Å². The number of rotatable bonds is 6. The minimum Gasteiger partial charge on any atom is -0.361 e. The van der Waals surface area contributed by atoms with E-state index >= 15 is 0 Å². The summed E-state index contributed by atoms with van der Waals surface area (Å²) >= 11 is 0. The van der Waals surface area contributed by atoms with Crippen molar-refractivity contribution in [3.63, 3.8) is 0 Å². The molecule has 90 valence electrons. The molecule has 0 saturated carbocycles. The van der Waals surface area contributed by atoms with Gasteiger partial charge in [0.15, 0.2) is 0 Å². The predicted octanol–water partition coefficient (Wildman–Crippen LogP) is 4.85. The number of nitrogens with one attached hydrogen (secondary N) is 1. The smallest absolute Gasteiger partial charge is 0.0456 e. The van der Waals surface area contributed by atoms with E-state index in [1.807, 2.05) is 0 Å². The zero-order valence-electron chi connectivity index (χ0n) is 10.6. The van der Waals surface area contributed by atoms with Crippen LogP contribution in [-0.2, 0) is 6.42 Å². The third kappa shape index (κ3) is 3.23. The summed E-state index contributed by atoms with van der Waals surface area (Å²) in [4.78, 5) is 3.32. The monoisotopic (exact) mass is 227 g/mol. The van der Waals surface area contributed by atoms with Crippen LogP contribution >= 0.6 is 0 Å². The van der Waals surface area contributed by atoms with Crippen molar-refractivity contribution in [1.82, 2.24) is 4.98 Å². The lowest BCUT2D eigenvalue weighted by Crippen LogP contribution is -1.78. The van der Waals surface area contributed by atoms with Crippen molar-refractivity contribution in [2.45, 2.75) is 39.0 Å². The molecule has 0 unspecified atom stereocenters. The van der Waals surface area contributed by atoms with Gasteiger partial charge in [-0.25, -0.2) is 0 Å². The molecule has 0 fully saturated rings. The highest BCUT2D eigenvalue weighted by molar-refractivity contribution is 5.83. The molecule has 0 aliphatic rings. The summed E-state index contributed by atoms with van der Waals surface area (Å²) in [6.07, 6.45) is 13.0. The molecular weight excluding hydrogens is 206 g/mol. The van der Waals surface area contributed by atoms with Crippen LogP contribution in [0.25, 0.3) is 10.9 Å². The number of hydrogen-bond donors (Lipinski definition) is 1. The third-order valence-electron chi connectivity index (χ3n) is 3.15. The van der Waals surface area contributed by atoms with Gasteiger partial charge in [0.1, 0.15) is 0 Å². The Labute approximate surface area is 104 Å². The first-order chi connectivity index (χ1) is 8.42. The maximum Gasteiger partial charge on any atom is 0.0456 e. The van der Waals surface area contributed by atoms with Gasteiger partial charge in [-0.1, -0.05) is 50.1 Å². The van der Waals surface area contributed by atoms with Crippen LogP contribution in [-0.4, -0.2) is 4.98 Å². The zero-order valence-corrected chi connectivity index (χ0v) is 10.6. The summed E-state index contributed by atoms with van der Waals surface area (Å²) in [5, 5.41) is 1.35. The average Bonchev–Trinajstić information content (AvgIpc) is 2.77. The number of allylic oxidation sites excluding steroid dienone is 2. The number of benzene rings is 1. The van der Waals surface area contributed by atoms with E-state index in [0.29, 0.717) is 0 Å². The van der Waals surface area contributed by atoms with Crippen molar-refractivity contribution in [1.29, 1.82) is 0 Å². The molecule has 0 radical (unpaired) electrons. The number of H-pyrrole nitrogens is 1. The van der Waals surface area contributed by atoms with Crippen molar-refractivity contribution < 1.29 is 0 Å². The molecule has 1 N–H and O–H groups in total. The molecule has 1 aromatic carbocycles. The Morgan fingerprint density at radius 3 is 2.88 bits per heavy atom. The van der Waals surface area contributed by atoms with Gasteiger partial charge >= 0.3 is 0 Å². The maximum absolute atomic E-state index is 3.32. The van der Waals surface area contributed by atoms with E-state index in [1.54, 1.807) is 0 Å². The second-order valence-electron chi connectivity index (χ2n) is 4.53. The van der Waals surface area contributed by atoms with Gasteiger partial charge in [-0.3, -0.25) is 0 Å². The van der Waals surface area contributed by atoms with E-state index in [0.717, 1.165) is 6.42 Å². The number of aromatic amines is 1. The van der Waals surface area contributed by atoms with Gasteiger partial charge in [-0.05, 0) is 30.9 Å². The second kappa shape index (κ2) is 6.29. The molecule has 0 aliphatic carbocycles. The Hall–Kier alpha value is -1.50. The number of para-hydroxylation sites is 1. The minimum absolute atomic E-state index is 1.04. The van der Waals surface area contributed by atoms with Gasteiger partial charge in [0.2, 0.25) is 0 Å². The van der Waals surface area contributed by atoms with E-state index in [2.05, 4.69) is 54.5 Å². The van der Waals surface area contributed by atoms with Gasteiger partial charge in [0, 0.05) is 17.1 Å². The lowest BCUT2D eigenvalue weighted by atomic mass is 10.1. The molecule has 0 amide bonds. The number of hydrogen-bond acceptors (Lipinski definition) is 0. The quantitative estimate of drug-likeness (QED) is 0.536. The molecule has 0 atom stereocenters. The molecular formula is C16H21N. The Balaban J connectivity index is 1.90. The summed E-state index contributed by atoms with van der Waals surface area (Å²) in [6, 6.07) is 8.49. The number of aromatic nitrogens is 1. The maximum atomic E-state index is 3.32. The van der Waals surface area contributed by atoms with E-state index in [9.17, 15) is 0 Å². The highest BCUT2D eigenvalue weighted by atomic mass is 14.7. The highest BCUT2D eigenvalue weighted by Gasteiger charge is 1.99. The summed E-state index contributed by atoms with van der Waals surface area (Å²) in [5.74, 6) is 0. The van der Waals surface area contributed by atoms with Crippen molar-refractivity contribution in [2.75, 3.05) is 0 Å². The van der Waals surface area contributed by atoms with Crippen molar-refractivity contribution >= 4 is 10.9 Å². The molecule has 2 rings (SSSR count). The van der Waals surface area contributed by atoms with E-state index in [4.69, 9.17) is 0 Å². The van der Waals surface area contributed by atoms with Gasteiger partial charge in [-0.15, -0.1) is 0 Å². The largest absolute Gasteiger partial charge is 0.361 e. The molecule has 1 heteroatoms. The summed E-state index contributed by atoms with van der Waals surface area (Å²) in [5.41, 5.74) is 2.63. The first-order valence-corrected chi connectivity index (χ1v) is 6.62. The number of unbranched alkanes of at least 4 members (excludes halogenated alkanes) is 3. The fourth-order valence-electron chi connectivity index (χ4n) is 2.14. The van der Waals surface area contributed by atoms with Gasteiger partial charge in [-0.2, -0.15) is 0 Å². The van der Waals surface area contributed by atoms with Gasteiger partial charge in [0.25, 0.3) is 0 Å². The predicted molar refractivity (Wildman–Crippen MR) is 75.3 cm³/mol. The van der Waals surface area contributed by atoms with Crippen LogP contribution in [0.5, 0.6) is 0 Å². The number of fused-ring (bicyclic) bond motifs is 1. The zero-order chi connectivity index (χ0) is 11.9. The second-order valence-corrected chi connectivity index (χ2v) is 4.53. The Morgan fingerprint density at radius 2 is 2.00 bits per heavy atom. The van der Waals surface area contributed by atoms with Crippen molar-refractivity contribution in [3.8, 4) is 0 Å². The van der Waals surface area contributed by atoms with Crippen LogP contribution in [0.15, 0.2) is 42.6 Å². The Kier molecular flexibility index (Phi) is 4.43. The third-order valence-corrected chi connectivity index (χ3v) is 3.15. The molecule has 0 spiro atoms. The highest BCUT2D eigenvalue weighted by Crippen LogP contribution is 2.18. The summed E-state index contributed by atoms with van der Waals surface area (Å²) in [7, 11) is 0. The SMILES string of the molecule is CCCCC/C=C/Cc1c[nH]c2ccccc12. The molecule has 0 saturated heterocycles. The minimum atomic E-state index is 1.04. The van der Waals surface area contributed by atoms with Crippen LogP contribution in [0.4, 0.5) is 0 Å². The van der Waals surface area contributed by atoms with Gasteiger partial charge in [0.05, 0.1) is 0 Å².